The van der Waals surface area contributed by atoms with E-state index in [2.05, 4.69) is 17.0 Å². The zero-order chi connectivity index (χ0) is 10.3. The van der Waals surface area contributed by atoms with Crippen molar-refractivity contribution >= 4 is 11.4 Å². The molecule has 2 N–H and O–H groups in total. The highest BCUT2D eigenvalue weighted by molar-refractivity contribution is 5.53. The number of benzene rings is 1. The van der Waals surface area contributed by atoms with Crippen LogP contribution < -0.4 is 10.6 Å². The Hall–Kier alpha value is -1.22. The van der Waals surface area contributed by atoms with Crippen molar-refractivity contribution in [2.24, 2.45) is 11.8 Å². The number of nitrogens with zero attached hydrogens (tertiary/aromatic N) is 1. The van der Waals surface area contributed by atoms with Crippen molar-refractivity contribution in [1.82, 2.24) is 0 Å². The molecule has 3 heteroatoms. The molecule has 15 heavy (non-hydrogen) atoms. The van der Waals surface area contributed by atoms with Crippen molar-refractivity contribution in [1.29, 1.82) is 0 Å². The normalized spacial score (nSPS) is 29.5. The summed E-state index contributed by atoms with van der Waals surface area (Å²) in [5, 5.41) is 0. The van der Waals surface area contributed by atoms with Gasteiger partial charge in [-0.15, -0.1) is 0 Å². The average Bonchev–Trinajstić information content (AvgIpc) is 2.78. The van der Waals surface area contributed by atoms with Crippen LogP contribution in [0.25, 0.3) is 0 Å². The lowest BCUT2D eigenvalue weighted by Crippen LogP contribution is -2.21. The third-order valence-corrected chi connectivity index (χ3v) is 3.50. The fourth-order valence-electron chi connectivity index (χ4n) is 2.58. The van der Waals surface area contributed by atoms with Crippen molar-refractivity contribution in [3.8, 4) is 0 Å². The average molecular weight is 204 g/mol. The number of rotatable bonds is 1. The summed E-state index contributed by atoms with van der Waals surface area (Å²) in [6.45, 7) is 4.15. The maximum Gasteiger partial charge on any atom is 0.0515 e. The van der Waals surface area contributed by atoms with Crippen molar-refractivity contribution in [3.63, 3.8) is 0 Å². The number of fused-ring (bicyclic) bond motifs is 1. The first kappa shape index (κ1) is 9.04. The van der Waals surface area contributed by atoms with Crippen LogP contribution in [0.5, 0.6) is 0 Å². The fraction of sp³-hybridized carbons (Fsp3) is 0.500. The molecule has 0 spiro atoms. The van der Waals surface area contributed by atoms with Gasteiger partial charge in [0.15, 0.2) is 0 Å². The molecule has 2 saturated heterocycles. The van der Waals surface area contributed by atoms with Gasteiger partial charge < -0.3 is 15.4 Å². The van der Waals surface area contributed by atoms with Gasteiger partial charge in [0, 0.05) is 36.3 Å². The smallest absolute Gasteiger partial charge is 0.0515 e. The lowest BCUT2D eigenvalue weighted by atomic mass is 10.0. The maximum absolute atomic E-state index is 5.68. The van der Waals surface area contributed by atoms with Crippen molar-refractivity contribution in [2.45, 2.75) is 0 Å². The maximum atomic E-state index is 5.68. The van der Waals surface area contributed by atoms with E-state index in [-0.39, 0.29) is 0 Å². The van der Waals surface area contributed by atoms with E-state index in [1.165, 1.54) is 5.69 Å². The summed E-state index contributed by atoms with van der Waals surface area (Å²) < 4.78 is 5.47. The predicted octanol–water partition coefficient (Wildman–Crippen LogP) is 1.35. The highest BCUT2D eigenvalue weighted by Crippen LogP contribution is 2.32. The first-order valence-corrected chi connectivity index (χ1v) is 5.51. The molecule has 0 aliphatic carbocycles. The molecule has 80 valence electrons. The number of nitrogen functional groups attached to an aromatic ring is 1. The standard InChI is InChI=1S/C12H16N2O/c13-11-1-3-12(4-2-11)14-5-9-7-15-8-10(9)6-14/h1-4,9-10H,5-8,13H2/t9-,10-/m0/s1. The minimum Gasteiger partial charge on any atom is -0.399 e. The lowest BCUT2D eigenvalue weighted by molar-refractivity contribution is 0.177. The molecule has 0 radical (unpaired) electrons. The lowest BCUT2D eigenvalue weighted by Gasteiger charge is -2.19. The summed E-state index contributed by atoms with van der Waals surface area (Å²) in [6, 6.07) is 8.16. The number of ether oxygens (including phenoxy) is 1. The molecule has 3 nitrogen and oxygen atoms in total. The Labute approximate surface area is 89.8 Å². The molecule has 0 aromatic heterocycles. The Morgan fingerprint density at radius 1 is 1.07 bits per heavy atom. The minimum atomic E-state index is 0.738. The third kappa shape index (κ3) is 1.57. The second kappa shape index (κ2) is 3.42. The van der Waals surface area contributed by atoms with Crippen LogP contribution in [0.4, 0.5) is 11.4 Å². The Morgan fingerprint density at radius 2 is 1.67 bits per heavy atom. The number of hydrogen-bond acceptors (Lipinski definition) is 3. The van der Waals surface area contributed by atoms with Gasteiger partial charge in [-0.05, 0) is 24.3 Å². The first-order valence-electron chi connectivity index (χ1n) is 5.51. The van der Waals surface area contributed by atoms with Crippen molar-refractivity contribution in [2.75, 3.05) is 36.9 Å². The minimum absolute atomic E-state index is 0.738. The molecule has 2 fully saturated rings. The van der Waals surface area contributed by atoms with Crippen LogP contribution in [-0.4, -0.2) is 26.3 Å². The van der Waals surface area contributed by atoms with E-state index in [1.54, 1.807) is 0 Å². The molecular weight excluding hydrogens is 188 g/mol. The summed E-state index contributed by atoms with van der Waals surface area (Å²) in [5.74, 6) is 1.48. The number of hydrogen-bond donors (Lipinski definition) is 1. The Balaban J connectivity index is 1.76. The van der Waals surface area contributed by atoms with Gasteiger partial charge >= 0.3 is 0 Å². The van der Waals surface area contributed by atoms with E-state index >= 15 is 0 Å². The van der Waals surface area contributed by atoms with Gasteiger partial charge in [0.05, 0.1) is 13.2 Å². The first-order chi connectivity index (χ1) is 7.33. The van der Waals surface area contributed by atoms with Gasteiger partial charge in [0.1, 0.15) is 0 Å². The summed E-state index contributed by atoms with van der Waals surface area (Å²) in [7, 11) is 0. The van der Waals surface area contributed by atoms with Crippen LogP contribution in [0, 0.1) is 11.8 Å². The Morgan fingerprint density at radius 3 is 2.27 bits per heavy atom. The fourth-order valence-corrected chi connectivity index (χ4v) is 2.58. The molecule has 0 unspecified atom stereocenters. The Kier molecular flexibility index (Phi) is 2.06. The molecule has 1 aromatic carbocycles. The molecule has 3 rings (SSSR count). The second-order valence-corrected chi connectivity index (χ2v) is 4.55. The van der Waals surface area contributed by atoms with Gasteiger partial charge in [-0.3, -0.25) is 0 Å². The van der Waals surface area contributed by atoms with Crippen LogP contribution in [0.2, 0.25) is 0 Å². The molecule has 2 atom stereocenters. The summed E-state index contributed by atoms with van der Waals surface area (Å²) in [6.07, 6.45) is 0. The second-order valence-electron chi connectivity index (χ2n) is 4.55. The van der Waals surface area contributed by atoms with Crippen LogP contribution in [0.3, 0.4) is 0 Å². The molecular formula is C12H16N2O. The molecule has 2 aliphatic heterocycles. The molecule has 2 heterocycles. The number of anilines is 2. The van der Waals surface area contributed by atoms with Gasteiger partial charge in [0.25, 0.3) is 0 Å². The SMILES string of the molecule is Nc1ccc(N2C[C@H]3COC[C@@H]3C2)cc1. The van der Waals surface area contributed by atoms with E-state index < -0.39 is 0 Å². The topological polar surface area (TPSA) is 38.5 Å². The largest absolute Gasteiger partial charge is 0.399 e. The van der Waals surface area contributed by atoms with E-state index in [0.29, 0.717) is 0 Å². The zero-order valence-corrected chi connectivity index (χ0v) is 8.73. The van der Waals surface area contributed by atoms with Crippen LogP contribution >= 0.6 is 0 Å². The highest BCUT2D eigenvalue weighted by atomic mass is 16.5. The third-order valence-electron chi connectivity index (χ3n) is 3.50. The summed E-state index contributed by atoms with van der Waals surface area (Å²) in [4.78, 5) is 2.44. The van der Waals surface area contributed by atoms with Gasteiger partial charge in [-0.1, -0.05) is 0 Å². The summed E-state index contributed by atoms with van der Waals surface area (Å²) >= 11 is 0. The van der Waals surface area contributed by atoms with Gasteiger partial charge in [0.2, 0.25) is 0 Å². The molecule has 1 aromatic rings. The van der Waals surface area contributed by atoms with Crippen LogP contribution in [0.1, 0.15) is 0 Å². The van der Waals surface area contributed by atoms with E-state index in [9.17, 15) is 0 Å². The predicted molar refractivity (Wildman–Crippen MR) is 60.9 cm³/mol. The van der Waals surface area contributed by atoms with Crippen LogP contribution in [-0.2, 0) is 4.74 Å². The van der Waals surface area contributed by atoms with E-state index in [1.807, 2.05) is 12.1 Å². The molecule has 0 bridgehead atoms. The quantitative estimate of drug-likeness (QED) is 0.702. The molecule has 0 amide bonds. The van der Waals surface area contributed by atoms with Crippen molar-refractivity contribution in [3.05, 3.63) is 24.3 Å². The van der Waals surface area contributed by atoms with E-state index in [0.717, 1.165) is 43.8 Å². The van der Waals surface area contributed by atoms with Crippen LogP contribution in [0.15, 0.2) is 24.3 Å². The Bertz CT molecular complexity index is 337. The van der Waals surface area contributed by atoms with E-state index in [4.69, 9.17) is 10.5 Å². The van der Waals surface area contributed by atoms with Gasteiger partial charge in [-0.25, -0.2) is 0 Å². The number of nitrogens with two attached hydrogens (primary N) is 1. The highest BCUT2D eigenvalue weighted by Gasteiger charge is 2.36. The van der Waals surface area contributed by atoms with Gasteiger partial charge in [-0.2, -0.15) is 0 Å². The zero-order valence-electron chi connectivity index (χ0n) is 8.73. The molecule has 2 aliphatic rings. The summed E-state index contributed by atoms with van der Waals surface area (Å²) in [5.41, 5.74) is 7.80. The molecule has 0 saturated carbocycles. The monoisotopic (exact) mass is 204 g/mol. The van der Waals surface area contributed by atoms with Crippen molar-refractivity contribution < 1.29 is 4.74 Å².